The Bertz CT molecular complexity index is 221. The van der Waals surface area contributed by atoms with Gasteiger partial charge in [-0.25, -0.2) is 4.79 Å². The molecule has 1 aliphatic rings. The molecule has 1 fully saturated rings. The maximum atomic E-state index is 11.4. The van der Waals surface area contributed by atoms with E-state index in [-0.39, 0.29) is 6.03 Å². The predicted molar refractivity (Wildman–Crippen MR) is 64.3 cm³/mol. The van der Waals surface area contributed by atoms with Gasteiger partial charge in [-0.2, -0.15) is 0 Å². The van der Waals surface area contributed by atoms with Gasteiger partial charge in [0.05, 0.1) is 5.60 Å². The van der Waals surface area contributed by atoms with E-state index >= 15 is 0 Å². The molecule has 0 unspecified atom stereocenters. The molecule has 0 spiro atoms. The Morgan fingerprint density at radius 2 is 1.88 bits per heavy atom. The standard InChI is InChI=1S/C12H24N2O2/c1-3-7-12(16,8-4-2)9-13-11(15)14-10-5-6-10/h10,16H,3-9H2,1-2H3,(H2,13,14,15). The molecule has 16 heavy (non-hydrogen) atoms. The summed E-state index contributed by atoms with van der Waals surface area (Å²) in [6.07, 6.45) is 5.52. The predicted octanol–water partition coefficient (Wildman–Crippen LogP) is 1.78. The van der Waals surface area contributed by atoms with Crippen molar-refractivity contribution in [3.8, 4) is 0 Å². The van der Waals surface area contributed by atoms with Gasteiger partial charge in [-0.3, -0.25) is 0 Å². The molecule has 0 radical (unpaired) electrons. The van der Waals surface area contributed by atoms with E-state index in [2.05, 4.69) is 10.6 Å². The molecule has 0 saturated heterocycles. The maximum absolute atomic E-state index is 11.4. The zero-order chi connectivity index (χ0) is 12.0. The minimum atomic E-state index is -0.732. The zero-order valence-electron chi connectivity index (χ0n) is 10.4. The molecule has 4 heteroatoms. The topological polar surface area (TPSA) is 61.4 Å². The first-order valence-electron chi connectivity index (χ1n) is 6.36. The molecule has 0 heterocycles. The van der Waals surface area contributed by atoms with E-state index < -0.39 is 5.60 Å². The molecule has 1 aliphatic carbocycles. The third-order valence-electron chi connectivity index (χ3n) is 2.92. The largest absolute Gasteiger partial charge is 0.388 e. The van der Waals surface area contributed by atoms with Gasteiger partial charge in [-0.15, -0.1) is 0 Å². The Morgan fingerprint density at radius 1 is 1.31 bits per heavy atom. The smallest absolute Gasteiger partial charge is 0.315 e. The Hall–Kier alpha value is -0.770. The van der Waals surface area contributed by atoms with Gasteiger partial charge in [0.2, 0.25) is 0 Å². The molecule has 0 aromatic rings. The molecule has 4 nitrogen and oxygen atoms in total. The fourth-order valence-corrected chi connectivity index (χ4v) is 1.94. The molecule has 1 rings (SSSR count). The number of hydrogen-bond donors (Lipinski definition) is 3. The van der Waals surface area contributed by atoms with Gasteiger partial charge in [0.25, 0.3) is 0 Å². The SMILES string of the molecule is CCCC(O)(CCC)CNC(=O)NC1CC1. The molecule has 2 amide bonds. The summed E-state index contributed by atoms with van der Waals surface area (Å²) in [5.74, 6) is 0. The summed E-state index contributed by atoms with van der Waals surface area (Å²) in [5, 5.41) is 15.9. The zero-order valence-corrected chi connectivity index (χ0v) is 10.4. The maximum Gasteiger partial charge on any atom is 0.315 e. The second kappa shape index (κ2) is 6.09. The highest BCUT2D eigenvalue weighted by Crippen LogP contribution is 2.19. The quantitative estimate of drug-likeness (QED) is 0.622. The Kier molecular flexibility index (Phi) is 5.06. The van der Waals surface area contributed by atoms with Gasteiger partial charge in [-0.1, -0.05) is 26.7 Å². The lowest BCUT2D eigenvalue weighted by Crippen LogP contribution is -2.46. The number of carbonyl (C=O) groups excluding carboxylic acids is 1. The Labute approximate surface area is 97.8 Å². The van der Waals surface area contributed by atoms with Crippen LogP contribution in [0.2, 0.25) is 0 Å². The summed E-state index contributed by atoms with van der Waals surface area (Å²) < 4.78 is 0. The summed E-state index contributed by atoms with van der Waals surface area (Å²) in [6, 6.07) is 0.221. The third-order valence-corrected chi connectivity index (χ3v) is 2.92. The first-order chi connectivity index (χ1) is 7.59. The van der Waals surface area contributed by atoms with Crippen LogP contribution in [0.5, 0.6) is 0 Å². The molecular formula is C12H24N2O2. The second-order valence-electron chi connectivity index (χ2n) is 4.83. The average Bonchev–Trinajstić information content (AvgIpc) is 3.00. The van der Waals surface area contributed by atoms with Crippen molar-refractivity contribution in [2.24, 2.45) is 0 Å². The number of aliphatic hydroxyl groups is 1. The van der Waals surface area contributed by atoms with E-state index in [1.165, 1.54) is 0 Å². The number of nitrogens with one attached hydrogen (secondary N) is 2. The Balaban J connectivity index is 2.26. The normalized spacial score (nSPS) is 15.9. The van der Waals surface area contributed by atoms with Crippen molar-refractivity contribution in [2.75, 3.05) is 6.54 Å². The lowest BCUT2D eigenvalue weighted by atomic mass is 9.93. The number of carbonyl (C=O) groups is 1. The van der Waals surface area contributed by atoms with Crippen LogP contribution in [0.1, 0.15) is 52.4 Å². The molecule has 0 aromatic heterocycles. The van der Waals surface area contributed by atoms with Crippen molar-refractivity contribution in [2.45, 2.75) is 64.0 Å². The summed E-state index contributed by atoms with van der Waals surface area (Å²) in [7, 11) is 0. The van der Waals surface area contributed by atoms with E-state index in [0.29, 0.717) is 12.6 Å². The Morgan fingerprint density at radius 3 is 2.31 bits per heavy atom. The van der Waals surface area contributed by atoms with E-state index in [4.69, 9.17) is 0 Å². The monoisotopic (exact) mass is 228 g/mol. The molecule has 1 saturated carbocycles. The summed E-state index contributed by atoms with van der Waals surface area (Å²) in [6.45, 7) is 4.45. The number of urea groups is 1. The second-order valence-corrected chi connectivity index (χ2v) is 4.83. The van der Waals surface area contributed by atoms with Gasteiger partial charge in [0.1, 0.15) is 0 Å². The van der Waals surface area contributed by atoms with E-state index in [0.717, 1.165) is 38.5 Å². The lowest BCUT2D eigenvalue weighted by Gasteiger charge is -2.27. The van der Waals surface area contributed by atoms with Crippen molar-refractivity contribution < 1.29 is 9.90 Å². The minimum Gasteiger partial charge on any atom is -0.388 e. The van der Waals surface area contributed by atoms with Crippen molar-refractivity contribution in [3.63, 3.8) is 0 Å². The number of amides is 2. The van der Waals surface area contributed by atoms with Crippen molar-refractivity contribution >= 4 is 6.03 Å². The van der Waals surface area contributed by atoms with Crippen LogP contribution >= 0.6 is 0 Å². The van der Waals surface area contributed by atoms with Gasteiger partial charge in [0, 0.05) is 12.6 Å². The fraction of sp³-hybridized carbons (Fsp3) is 0.917. The van der Waals surface area contributed by atoms with Gasteiger partial charge < -0.3 is 15.7 Å². The van der Waals surface area contributed by atoms with Crippen LogP contribution in [-0.2, 0) is 0 Å². The van der Waals surface area contributed by atoms with E-state index in [1.54, 1.807) is 0 Å². The van der Waals surface area contributed by atoms with Crippen LogP contribution in [-0.4, -0.2) is 29.3 Å². The van der Waals surface area contributed by atoms with Crippen LogP contribution in [0.3, 0.4) is 0 Å². The van der Waals surface area contributed by atoms with Crippen LogP contribution in [0.4, 0.5) is 4.79 Å². The van der Waals surface area contributed by atoms with Crippen molar-refractivity contribution in [1.29, 1.82) is 0 Å². The van der Waals surface area contributed by atoms with Crippen LogP contribution in [0.15, 0.2) is 0 Å². The molecule has 3 N–H and O–H groups in total. The van der Waals surface area contributed by atoms with Gasteiger partial charge in [0.15, 0.2) is 0 Å². The lowest BCUT2D eigenvalue weighted by molar-refractivity contribution is 0.0241. The molecule has 0 atom stereocenters. The van der Waals surface area contributed by atoms with Crippen LogP contribution in [0.25, 0.3) is 0 Å². The fourth-order valence-electron chi connectivity index (χ4n) is 1.94. The summed E-state index contributed by atoms with van der Waals surface area (Å²) in [4.78, 5) is 11.4. The highest BCUT2D eigenvalue weighted by atomic mass is 16.3. The third kappa shape index (κ3) is 4.84. The summed E-state index contributed by atoms with van der Waals surface area (Å²) >= 11 is 0. The highest BCUT2D eigenvalue weighted by Gasteiger charge is 2.27. The van der Waals surface area contributed by atoms with Crippen LogP contribution in [0, 0.1) is 0 Å². The van der Waals surface area contributed by atoms with Gasteiger partial charge in [-0.05, 0) is 25.7 Å². The number of rotatable bonds is 7. The molecule has 0 bridgehead atoms. The van der Waals surface area contributed by atoms with E-state index in [1.807, 2.05) is 13.8 Å². The first kappa shape index (κ1) is 13.3. The van der Waals surface area contributed by atoms with Crippen LogP contribution < -0.4 is 10.6 Å². The minimum absolute atomic E-state index is 0.145. The molecular weight excluding hydrogens is 204 g/mol. The summed E-state index contributed by atoms with van der Waals surface area (Å²) in [5.41, 5.74) is -0.732. The van der Waals surface area contributed by atoms with Gasteiger partial charge >= 0.3 is 6.03 Å². The van der Waals surface area contributed by atoms with Crippen molar-refractivity contribution in [3.05, 3.63) is 0 Å². The molecule has 0 aromatic carbocycles. The first-order valence-corrected chi connectivity index (χ1v) is 6.36. The van der Waals surface area contributed by atoms with E-state index in [9.17, 15) is 9.90 Å². The number of hydrogen-bond acceptors (Lipinski definition) is 2. The van der Waals surface area contributed by atoms with Crippen molar-refractivity contribution in [1.82, 2.24) is 10.6 Å². The highest BCUT2D eigenvalue weighted by molar-refractivity contribution is 5.74. The molecule has 0 aliphatic heterocycles. The molecule has 94 valence electrons. The average molecular weight is 228 g/mol.